The molecule has 4 nitrogen and oxygen atoms in total. The zero-order valence-corrected chi connectivity index (χ0v) is 13.1. The molecule has 4 unspecified atom stereocenters. The summed E-state index contributed by atoms with van der Waals surface area (Å²) in [5, 5.41) is 0. The number of hydrogen-bond acceptors (Lipinski definition) is 4. The molecule has 2 rings (SSSR count). The summed E-state index contributed by atoms with van der Waals surface area (Å²) in [4.78, 5) is 6.56. The van der Waals surface area contributed by atoms with E-state index in [9.17, 15) is 4.39 Å². The second-order valence-corrected chi connectivity index (χ2v) is 6.06. The maximum atomic E-state index is 12.9. The minimum absolute atomic E-state index is 0.179. The minimum atomic E-state index is -0.327. The summed E-state index contributed by atoms with van der Waals surface area (Å²) in [7, 11) is 0. The van der Waals surface area contributed by atoms with E-state index in [0.717, 1.165) is 31.8 Å². The average molecular weight is 295 g/mol. The topological polar surface area (TPSA) is 51.4 Å². The lowest BCUT2D eigenvalue weighted by molar-refractivity contribution is -0.0609. The summed E-state index contributed by atoms with van der Waals surface area (Å²) in [5.41, 5.74) is 7.03. The zero-order chi connectivity index (χ0) is 15.4. The summed E-state index contributed by atoms with van der Waals surface area (Å²) >= 11 is 0. The van der Waals surface area contributed by atoms with E-state index in [1.165, 1.54) is 12.3 Å². The number of pyridine rings is 1. The Morgan fingerprint density at radius 3 is 2.90 bits per heavy atom. The third-order valence-corrected chi connectivity index (χ3v) is 4.28. The maximum absolute atomic E-state index is 12.9. The summed E-state index contributed by atoms with van der Waals surface area (Å²) in [6.07, 6.45) is 2.57. The standard InChI is InChI=1S/C16H26FN3O/c1-4-14-10-21-12(3)9-20(14)8-11(2)16(18)15-6-5-13(17)7-19-15/h5-7,11-12,14,16H,4,8-10,18H2,1-3H3. The molecule has 5 heteroatoms. The molecule has 1 fully saturated rings. The molecule has 1 aromatic rings. The molecular formula is C16H26FN3O. The van der Waals surface area contributed by atoms with Crippen LogP contribution in [0.3, 0.4) is 0 Å². The molecule has 0 aliphatic carbocycles. The van der Waals surface area contributed by atoms with E-state index in [1.807, 2.05) is 0 Å². The first-order chi connectivity index (χ1) is 10.0. The number of ether oxygens (including phenoxy) is 1. The molecule has 1 aromatic heterocycles. The maximum Gasteiger partial charge on any atom is 0.141 e. The Balaban J connectivity index is 1.98. The lowest BCUT2D eigenvalue weighted by atomic mass is 9.97. The molecule has 0 bridgehead atoms. The van der Waals surface area contributed by atoms with Gasteiger partial charge in [0.25, 0.3) is 0 Å². The van der Waals surface area contributed by atoms with Crippen LogP contribution in [0.2, 0.25) is 0 Å². The molecule has 0 saturated carbocycles. The lowest BCUT2D eigenvalue weighted by Crippen LogP contribution is -2.50. The number of morpholine rings is 1. The number of nitrogens with two attached hydrogens (primary N) is 1. The lowest BCUT2D eigenvalue weighted by Gasteiger charge is -2.40. The fourth-order valence-electron chi connectivity index (χ4n) is 2.87. The minimum Gasteiger partial charge on any atom is -0.376 e. The summed E-state index contributed by atoms with van der Waals surface area (Å²) in [5.74, 6) is -0.0750. The van der Waals surface area contributed by atoms with E-state index in [2.05, 4.69) is 30.7 Å². The molecule has 0 aromatic carbocycles. The van der Waals surface area contributed by atoms with Crippen LogP contribution in [-0.2, 0) is 4.74 Å². The van der Waals surface area contributed by atoms with Crippen molar-refractivity contribution in [2.45, 2.75) is 45.4 Å². The summed E-state index contributed by atoms with van der Waals surface area (Å²) in [6, 6.07) is 3.37. The second-order valence-electron chi connectivity index (χ2n) is 6.06. The SMILES string of the molecule is CCC1COC(C)CN1CC(C)C(N)c1ccc(F)cn1. The van der Waals surface area contributed by atoms with Crippen molar-refractivity contribution >= 4 is 0 Å². The van der Waals surface area contributed by atoms with Gasteiger partial charge in [0.15, 0.2) is 0 Å². The van der Waals surface area contributed by atoms with E-state index in [4.69, 9.17) is 10.5 Å². The van der Waals surface area contributed by atoms with Crippen LogP contribution >= 0.6 is 0 Å². The second kappa shape index (κ2) is 7.29. The van der Waals surface area contributed by atoms with Crippen molar-refractivity contribution in [1.82, 2.24) is 9.88 Å². The monoisotopic (exact) mass is 295 g/mol. The van der Waals surface area contributed by atoms with Crippen LogP contribution < -0.4 is 5.73 Å². The van der Waals surface area contributed by atoms with Gasteiger partial charge in [0, 0.05) is 19.1 Å². The smallest absolute Gasteiger partial charge is 0.141 e. The average Bonchev–Trinajstić information content (AvgIpc) is 2.47. The van der Waals surface area contributed by atoms with Gasteiger partial charge in [-0.15, -0.1) is 0 Å². The predicted octanol–water partition coefficient (Wildman–Crippen LogP) is 2.36. The van der Waals surface area contributed by atoms with Crippen molar-refractivity contribution in [3.63, 3.8) is 0 Å². The van der Waals surface area contributed by atoms with Gasteiger partial charge in [0.1, 0.15) is 5.82 Å². The predicted molar refractivity (Wildman–Crippen MR) is 81.4 cm³/mol. The van der Waals surface area contributed by atoms with Crippen LogP contribution in [0, 0.1) is 11.7 Å². The number of aromatic nitrogens is 1. The van der Waals surface area contributed by atoms with Crippen LogP contribution in [0.5, 0.6) is 0 Å². The fraction of sp³-hybridized carbons (Fsp3) is 0.688. The number of hydrogen-bond donors (Lipinski definition) is 1. The quantitative estimate of drug-likeness (QED) is 0.906. The first kappa shape index (κ1) is 16.3. The number of rotatable bonds is 5. The van der Waals surface area contributed by atoms with E-state index in [1.54, 1.807) is 6.07 Å². The molecule has 0 amide bonds. The molecule has 21 heavy (non-hydrogen) atoms. The Labute approximate surface area is 126 Å². The van der Waals surface area contributed by atoms with Gasteiger partial charge in [0.2, 0.25) is 0 Å². The molecule has 118 valence electrons. The van der Waals surface area contributed by atoms with Crippen molar-refractivity contribution in [3.05, 3.63) is 29.8 Å². The number of halogens is 1. The van der Waals surface area contributed by atoms with E-state index >= 15 is 0 Å². The Kier molecular flexibility index (Phi) is 5.67. The van der Waals surface area contributed by atoms with Gasteiger partial charge in [-0.05, 0) is 31.4 Å². The highest BCUT2D eigenvalue weighted by Crippen LogP contribution is 2.22. The van der Waals surface area contributed by atoms with Gasteiger partial charge in [-0.2, -0.15) is 0 Å². The zero-order valence-electron chi connectivity index (χ0n) is 13.1. The fourth-order valence-corrected chi connectivity index (χ4v) is 2.87. The Bertz CT molecular complexity index is 440. The van der Waals surface area contributed by atoms with Gasteiger partial charge in [-0.25, -0.2) is 4.39 Å². The highest BCUT2D eigenvalue weighted by Gasteiger charge is 2.28. The summed E-state index contributed by atoms with van der Waals surface area (Å²) in [6.45, 7) is 9.05. The van der Waals surface area contributed by atoms with E-state index in [-0.39, 0.29) is 23.9 Å². The molecule has 0 spiro atoms. The van der Waals surface area contributed by atoms with Crippen LogP contribution in [-0.4, -0.2) is 41.7 Å². The van der Waals surface area contributed by atoms with Crippen LogP contribution in [0.25, 0.3) is 0 Å². The Morgan fingerprint density at radius 1 is 1.52 bits per heavy atom. The molecular weight excluding hydrogens is 269 g/mol. The van der Waals surface area contributed by atoms with Gasteiger partial charge in [0.05, 0.1) is 30.6 Å². The third kappa shape index (κ3) is 4.22. The van der Waals surface area contributed by atoms with Crippen LogP contribution in [0.1, 0.15) is 38.9 Å². The first-order valence-electron chi connectivity index (χ1n) is 7.74. The van der Waals surface area contributed by atoms with Crippen molar-refractivity contribution in [3.8, 4) is 0 Å². The van der Waals surface area contributed by atoms with E-state index in [0.29, 0.717) is 6.04 Å². The Morgan fingerprint density at radius 2 is 2.29 bits per heavy atom. The van der Waals surface area contributed by atoms with Crippen LogP contribution in [0.15, 0.2) is 18.3 Å². The summed E-state index contributed by atoms with van der Waals surface area (Å²) < 4.78 is 18.7. The first-order valence-corrected chi connectivity index (χ1v) is 7.74. The van der Waals surface area contributed by atoms with Gasteiger partial charge >= 0.3 is 0 Å². The highest BCUT2D eigenvalue weighted by atomic mass is 19.1. The molecule has 1 saturated heterocycles. The largest absolute Gasteiger partial charge is 0.376 e. The van der Waals surface area contributed by atoms with Gasteiger partial charge in [-0.3, -0.25) is 9.88 Å². The van der Waals surface area contributed by atoms with Crippen molar-refractivity contribution < 1.29 is 9.13 Å². The van der Waals surface area contributed by atoms with Gasteiger partial charge in [-0.1, -0.05) is 13.8 Å². The third-order valence-electron chi connectivity index (χ3n) is 4.28. The molecule has 2 heterocycles. The van der Waals surface area contributed by atoms with Gasteiger partial charge < -0.3 is 10.5 Å². The molecule has 2 N–H and O–H groups in total. The number of nitrogens with zero attached hydrogens (tertiary/aromatic N) is 2. The van der Waals surface area contributed by atoms with Crippen molar-refractivity contribution in [2.75, 3.05) is 19.7 Å². The molecule has 1 aliphatic rings. The Hall–Kier alpha value is -1.04. The molecule has 1 aliphatic heterocycles. The van der Waals surface area contributed by atoms with Crippen molar-refractivity contribution in [2.24, 2.45) is 11.7 Å². The van der Waals surface area contributed by atoms with Crippen LogP contribution in [0.4, 0.5) is 4.39 Å². The highest BCUT2D eigenvalue weighted by molar-refractivity contribution is 5.10. The molecule has 4 atom stereocenters. The van der Waals surface area contributed by atoms with Crippen molar-refractivity contribution in [1.29, 1.82) is 0 Å². The normalized spacial score (nSPS) is 26.5. The molecule has 0 radical (unpaired) electrons. The van der Waals surface area contributed by atoms with E-state index < -0.39 is 0 Å².